The fourth-order valence-corrected chi connectivity index (χ4v) is 1.32. The van der Waals surface area contributed by atoms with Crippen LogP contribution in [-0.2, 0) is 13.1 Å². The van der Waals surface area contributed by atoms with Gasteiger partial charge in [-0.05, 0) is 12.6 Å². The zero-order valence-corrected chi connectivity index (χ0v) is 8.70. The second-order valence-corrected chi connectivity index (χ2v) is 3.24. The number of furan rings is 1. The molecule has 0 bridgehead atoms. The van der Waals surface area contributed by atoms with Crippen molar-refractivity contribution >= 4 is 0 Å². The van der Waals surface area contributed by atoms with Crippen molar-refractivity contribution in [3.63, 3.8) is 0 Å². The molecule has 0 spiro atoms. The molecule has 0 aliphatic heterocycles. The summed E-state index contributed by atoms with van der Waals surface area (Å²) in [4.78, 5) is 2.24. The first-order chi connectivity index (χ1) is 6.80. The lowest BCUT2D eigenvalue weighted by molar-refractivity contribution is 0.281. The minimum Gasteiger partial charge on any atom is -0.468 e. The quantitative estimate of drug-likeness (QED) is 0.701. The molecule has 0 fully saturated rings. The van der Waals surface area contributed by atoms with E-state index in [-0.39, 0.29) is 0 Å². The Morgan fingerprint density at radius 2 is 2.43 bits per heavy atom. The first-order valence-corrected chi connectivity index (χ1v) is 4.89. The van der Waals surface area contributed by atoms with Gasteiger partial charge in [0, 0.05) is 18.7 Å². The number of nitrogens with zero attached hydrogens (tertiary/aromatic N) is 1. The van der Waals surface area contributed by atoms with Gasteiger partial charge in [-0.3, -0.25) is 4.90 Å². The molecule has 0 aliphatic rings. The van der Waals surface area contributed by atoms with E-state index in [0.29, 0.717) is 6.54 Å². The summed E-state index contributed by atoms with van der Waals surface area (Å²) in [5, 5.41) is 0. The molecule has 2 N–H and O–H groups in total. The minimum absolute atomic E-state index is 0.539. The summed E-state index contributed by atoms with van der Waals surface area (Å²) in [6.45, 7) is 9.08. The molecule has 1 heterocycles. The summed E-state index contributed by atoms with van der Waals surface area (Å²) in [5.74, 6) is 0.967. The zero-order chi connectivity index (χ0) is 10.4. The summed E-state index contributed by atoms with van der Waals surface area (Å²) in [5.41, 5.74) is 6.55. The predicted octanol–water partition coefficient (Wildman–Crippen LogP) is 1.75. The Hall–Kier alpha value is -1.06. The minimum atomic E-state index is 0.539. The third kappa shape index (κ3) is 3.01. The average molecular weight is 194 g/mol. The number of hydrogen-bond donors (Lipinski definition) is 1. The molecule has 78 valence electrons. The Labute approximate surface area is 85.2 Å². The van der Waals surface area contributed by atoms with E-state index in [9.17, 15) is 0 Å². The van der Waals surface area contributed by atoms with Gasteiger partial charge in [-0.1, -0.05) is 13.0 Å². The maximum Gasteiger partial charge on any atom is 0.118 e. The monoisotopic (exact) mass is 194 g/mol. The SMILES string of the molecule is C=CCN(CC)Cc1cc(CN)co1. The lowest BCUT2D eigenvalue weighted by atomic mass is 10.3. The van der Waals surface area contributed by atoms with Gasteiger partial charge in [-0.15, -0.1) is 6.58 Å². The molecule has 1 rings (SSSR count). The average Bonchev–Trinajstić information content (AvgIpc) is 2.65. The van der Waals surface area contributed by atoms with Crippen LogP contribution < -0.4 is 5.73 Å². The molecule has 1 aromatic rings. The summed E-state index contributed by atoms with van der Waals surface area (Å²) in [7, 11) is 0. The summed E-state index contributed by atoms with van der Waals surface area (Å²) in [6.07, 6.45) is 3.62. The van der Waals surface area contributed by atoms with Gasteiger partial charge in [0.25, 0.3) is 0 Å². The van der Waals surface area contributed by atoms with Gasteiger partial charge in [-0.2, -0.15) is 0 Å². The fraction of sp³-hybridized carbons (Fsp3) is 0.455. The number of hydrogen-bond acceptors (Lipinski definition) is 3. The molecule has 0 radical (unpaired) electrons. The molecule has 0 aliphatic carbocycles. The van der Waals surface area contributed by atoms with Crippen LogP contribution >= 0.6 is 0 Å². The highest BCUT2D eigenvalue weighted by Crippen LogP contribution is 2.09. The van der Waals surface area contributed by atoms with E-state index in [0.717, 1.165) is 31.0 Å². The van der Waals surface area contributed by atoms with Crippen LogP contribution in [-0.4, -0.2) is 18.0 Å². The van der Waals surface area contributed by atoms with Crippen LogP contribution in [0.15, 0.2) is 29.4 Å². The molecule has 0 aromatic carbocycles. The van der Waals surface area contributed by atoms with E-state index in [1.54, 1.807) is 6.26 Å². The largest absolute Gasteiger partial charge is 0.468 e. The Morgan fingerprint density at radius 3 is 2.93 bits per heavy atom. The normalized spacial score (nSPS) is 10.8. The van der Waals surface area contributed by atoms with Crippen molar-refractivity contribution in [2.75, 3.05) is 13.1 Å². The zero-order valence-electron chi connectivity index (χ0n) is 8.70. The van der Waals surface area contributed by atoms with E-state index >= 15 is 0 Å². The van der Waals surface area contributed by atoms with E-state index in [1.807, 2.05) is 12.1 Å². The van der Waals surface area contributed by atoms with Crippen molar-refractivity contribution in [2.45, 2.75) is 20.0 Å². The lowest BCUT2D eigenvalue weighted by Gasteiger charge is -2.16. The van der Waals surface area contributed by atoms with Crippen LogP contribution in [0.4, 0.5) is 0 Å². The van der Waals surface area contributed by atoms with E-state index < -0.39 is 0 Å². The van der Waals surface area contributed by atoms with Crippen LogP contribution in [0, 0.1) is 0 Å². The maximum absolute atomic E-state index is 5.50. The molecule has 14 heavy (non-hydrogen) atoms. The third-order valence-corrected chi connectivity index (χ3v) is 2.16. The second kappa shape index (κ2) is 5.62. The van der Waals surface area contributed by atoms with Gasteiger partial charge >= 0.3 is 0 Å². The molecular weight excluding hydrogens is 176 g/mol. The van der Waals surface area contributed by atoms with E-state index in [4.69, 9.17) is 10.2 Å². The Balaban J connectivity index is 2.52. The third-order valence-electron chi connectivity index (χ3n) is 2.16. The van der Waals surface area contributed by atoms with Gasteiger partial charge in [-0.25, -0.2) is 0 Å². The van der Waals surface area contributed by atoms with Gasteiger partial charge in [0.05, 0.1) is 12.8 Å². The molecule has 1 aromatic heterocycles. The second-order valence-electron chi connectivity index (χ2n) is 3.24. The number of rotatable bonds is 6. The Bertz CT molecular complexity index is 281. The molecular formula is C11H18N2O. The molecule has 3 heteroatoms. The highest BCUT2D eigenvalue weighted by molar-refractivity contribution is 5.12. The Kier molecular flexibility index (Phi) is 4.43. The van der Waals surface area contributed by atoms with Gasteiger partial charge in [0.15, 0.2) is 0 Å². The van der Waals surface area contributed by atoms with Crippen molar-refractivity contribution in [3.05, 3.63) is 36.3 Å². The Morgan fingerprint density at radius 1 is 1.64 bits per heavy atom. The molecule has 3 nitrogen and oxygen atoms in total. The van der Waals surface area contributed by atoms with Crippen LogP contribution in [0.2, 0.25) is 0 Å². The van der Waals surface area contributed by atoms with Gasteiger partial charge in [0.2, 0.25) is 0 Å². The number of likely N-dealkylation sites (N-methyl/N-ethyl adjacent to an activating group) is 1. The van der Waals surface area contributed by atoms with Crippen LogP contribution in [0.5, 0.6) is 0 Å². The van der Waals surface area contributed by atoms with Crippen molar-refractivity contribution < 1.29 is 4.42 Å². The molecule has 0 saturated heterocycles. The van der Waals surface area contributed by atoms with Crippen molar-refractivity contribution in [2.24, 2.45) is 5.73 Å². The summed E-state index contributed by atoms with van der Waals surface area (Å²) < 4.78 is 5.38. The van der Waals surface area contributed by atoms with Crippen molar-refractivity contribution in [3.8, 4) is 0 Å². The summed E-state index contributed by atoms with van der Waals surface area (Å²) >= 11 is 0. The molecule has 0 atom stereocenters. The first-order valence-electron chi connectivity index (χ1n) is 4.89. The number of nitrogens with two attached hydrogens (primary N) is 1. The van der Waals surface area contributed by atoms with Crippen LogP contribution in [0.1, 0.15) is 18.2 Å². The molecule has 0 saturated carbocycles. The molecule has 0 unspecified atom stereocenters. The highest BCUT2D eigenvalue weighted by atomic mass is 16.3. The van der Waals surface area contributed by atoms with Crippen molar-refractivity contribution in [1.29, 1.82) is 0 Å². The van der Waals surface area contributed by atoms with Crippen molar-refractivity contribution in [1.82, 2.24) is 4.90 Å². The highest BCUT2D eigenvalue weighted by Gasteiger charge is 2.05. The predicted molar refractivity (Wildman–Crippen MR) is 57.7 cm³/mol. The fourth-order valence-electron chi connectivity index (χ4n) is 1.32. The lowest BCUT2D eigenvalue weighted by Crippen LogP contribution is -2.22. The smallest absolute Gasteiger partial charge is 0.118 e. The standard InChI is InChI=1S/C11H18N2O/c1-3-5-13(4-2)8-11-6-10(7-12)9-14-11/h3,6,9H,1,4-5,7-8,12H2,2H3. The first kappa shape index (κ1) is 11.0. The van der Waals surface area contributed by atoms with E-state index in [1.165, 1.54) is 0 Å². The van der Waals surface area contributed by atoms with Crippen LogP contribution in [0.25, 0.3) is 0 Å². The maximum atomic E-state index is 5.50. The summed E-state index contributed by atoms with van der Waals surface area (Å²) in [6, 6.07) is 2.01. The van der Waals surface area contributed by atoms with Gasteiger partial charge in [0.1, 0.15) is 5.76 Å². The van der Waals surface area contributed by atoms with E-state index in [2.05, 4.69) is 18.4 Å². The van der Waals surface area contributed by atoms with Crippen LogP contribution in [0.3, 0.4) is 0 Å². The van der Waals surface area contributed by atoms with Gasteiger partial charge < -0.3 is 10.2 Å². The molecule has 0 amide bonds. The topological polar surface area (TPSA) is 42.4 Å².